The Morgan fingerprint density at radius 2 is 1.58 bits per heavy atom. The topological polar surface area (TPSA) is 78.5 Å². The van der Waals surface area contributed by atoms with Crippen LogP contribution in [0.5, 0.6) is 0 Å². The molecule has 0 spiro atoms. The van der Waals surface area contributed by atoms with Gasteiger partial charge < -0.3 is 10.2 Å². The zero-order valence-electron chi connectivity index (χ0n) is 16.4. The Morgan fingerprint density at radius 3 is 2.12 bits per heavy atom. The van der Waals surface area contributed by atoms with Crippen molar-refractivity contribution in [2.24, 2.45) is 11.8 Å². The first-order valence-electron chi connectivity index (χ1n) is 9.13. The highest BCUT2D eigenvalue weighted by molar-refractivity contribution is 6.04. The summed E-state index contributed by atoms with van der Waals surface area (Å²) in [6.45, 7) is 10.2. The van der Waals surface area contributed by atoms with E-state index >= 15 is 0 Å². The van der Waals surface area contributed by atoms with Gasteiger partial charge in [0.15, 0.2) is 0 Å². The van der Waals surface area contributed by atoms with Crippen molar-refractivity contribution in [1.29, 1.82) is 0 Å². The van der Waals surface area contributed by atoms with Gasteiger partial charge in [-0.2, -0.15) is 0 Å². The van der Waals surface area contributed by atoms with Gasteiger partial charge in [-0.05, 0) is 37.4 Å². The fourth-order valence-corrected chi connectivity index (χ4v) is 2.32. The maximum Gasteiger partial charge on any atom is 0.246 e. The molecule has 0 aliphatic carbocycles. The van der Waals surface area contributed by atoms with Crippen molar-refractivity contribution < 1.29 is 14.4 Å². The zero-order chi connectivity index (χ0) is 19.7. The molecule has 1 rings (SSSR count). The van der Waals surface area contributed by atoms with Gasteiger partial charge in [0.05, 0.1) is 6.04 Å². The fourth-order valence-electron chi connectivity index (χ4n) is 2.32. The minimum absolute atomic E-state index is 0.139. The van der Waals surface area contributed by atoms with E-state index in [0.717, 1.165) is 0 Å². The van der Waals surface area contributed by atoms with Crippen LogP contribution in [-0.2, 0) is 14.4 Å². The molecule has 26 heavy (non-hydrogen) atoms. The van der Waals surface area contributed by atoms with Gasteiger partial charge in [0.2, 0.25) is 17.7 Å². The van der Waals surface area contributed by atoms with Crippen LogP contribution in [0.3, 0.4) is 0 Å². The van der Waals surface area contributed by atoms with Crippen molar-refractivity contribution in [3.63, 3.8) is 0 Å². The minimum Gasteiger partial charge on any atom is -0.306 e. The minimum atomic E-state index is -0.492. The van der Waals surface area contributed by atoms with E-state index in [-0.39, 0.29) is 24.3 Å². The molecule has 144 valence electrons. The van der Waals surface area contributed by atoms with Gasteiger partial charge in [-0.1, -0.05) is 45.9 Å². The first-order valence-corrected chi connectivity index (χ1v) is 9.13. The maximum atomic E-state index is 12.5. The molecule has 1 aromatic carbocycles. The van der Waals surface area contributed by atoms with Crippen LogP contribution in [0.4, 0.5) is 5.69 Å². The average molecular weight is 361 g/mol. The lowest BCUT2D eigenvalue weighted by Gasteiger charge is -2.23. The molecule has 0 aromatic heterocycles. The lowest BCUT2D eigenvalue weighted by atomic mass is 10.1. The number of imide groups is 1. The van der Waals surface area contributed by atoms with Crippen molar-refractivity contribution in [2.75, 3.05) is 18.0 Å². The normalized spacial score (nSPS) is 12.1. The molecule has 0 saturated heterocycles. The van der Waals surface area contributed by atoms with Gasteiger partial charge in [-0.15, -0.1) is 0 Å². The standard InChI is InChI=1S/C20H31N3O3/c1-14(2)11-19(25)23(17-9-7-6-8-10-17)13-18(24)22-20(26)16(5)21-12-15(3)4/h6-10,14-16,21H,11-13H2,1-5H3,(H,22,24,26)/t16-/m0/s1. The molecule has 0 unspecified atom stereocenters. The molecule has 6 nitrogen and oxygen atoms in total. The van der Waals surface area contributed by atoms with Crippen LogP contribution >= 0.6 is 0 Å². The Kier molecular flexibility index (Phi) is 8.99. The first-order chi connectivity index (χ1) is 12.2. The second-order valence-corrected chi connectivity index (χ2v) is 7.35. The molecular weight excluding hydrogens is 330 g/mol. The number of amides is 3. The third-order valence-corrected chi connectivity index (χ3v) is 3.74. The molecule has 2 N–H and O–H groups in total. The second kappa shape index (κ2) is 10.7. The third-order valence-electron chi connectivity index (χ3n) is 3.74. The van der Waals surface area contributed by atoms with Gasteiger partial charge in [0.25, 0.3) is 0 Å². The van der Waals surface area contributed by atoms with Crippen molar-refractivity contribution in [3.8, 4) is 0 Å². The predicted octanol–water partition coefficient (Wildman–Crippen LogP) is 2.34. The van der Waals surface area contributed by atoms with Crippen molar-refractivity contribution in [3.05, 3.63) is 30.3 Å². The van der Waals surface area contributed by atoms with Crippen LogP contribution in [0.25, 0.3) is 0 Å². The van der Waals surface area contributed by atoms with Gasteiger partial charge in [-0.25, -0.2) is 0 Å². The predicted molar refractivity (Wildman–Crippen MR) is 104 cm³/mol. The summed E-state index contributed by atoms with van der Waals surface area (Å²) >= 11 is 0. The van der Waals surface area contributed by atoms with E-state index in [1.54, 1.807) is 19.1 Å². The summed E-state index contributed by atoms with van der Waals surface area (Å²) in [5, 5.41) is 5.45. The largest absolute Gasteiger partial charge is 0.306 e. The summed E-state index contributed by atoms with van der Waals surface area (Å²) < 4.78 is 0. The molecule has 0 aliphatic heterocycles. The van der Waals surface area contributed by atoms with E-state index < -0.39 is 11.9 Å². The number of nitrogens with zero attached hydrogens (tertiary/aromatic N) is 1. The number of rotatable bonds is 9. The quantitative estimate of drug-likeness (QED) is 0.708. The highest BCUT2D eigenvalue weighted by Gasteiger charge is 2.22. The van der Waals surface area contributed by atoms with Crippen LogP contribution in [0.1, 0.15) is 41.0 Å². The zero-order valence-corrected chi connectivity index (χ0v) is 16.4. The van der Waals surface area contributed by atoms with E-state index in [9.17, 15) is 14.4 Å². The van der Waals surface area contributed by atoms with Crippen LogP contribution in [0, 0.1) is 11.8 Å². The van der Waals surface area contributed by atoms with Crippen molar-refractivity contribution >= 4 is 23.4 Å². The number of benzene rings is 1. The van der Waals surface area contributed by atoms with Crippen molar-refractivity contribution in [1.82, 2.24) is 10.6 Å². The molecule has 1 atom stereocenters. The SMILES string of the molecule is CC(C)CN[C@@H](C)C(=O)NC(=O)CN(C(=O)CC(C)C)c1ccccc1. The van der Waals surface area contributed by atoms with Crippen LogP contribution < -0.4 is 15.5 Å². The number of carbonyl (C=O) groups is 3. The number of hydrogen-bond donors (Lipinski definition) is 2. The smallest absolute Gasteiger partial charge is 0.246 e. The Balaban J connectivity index is 2.73. The van der Waals surface area contributed by atoms with Gasteiger partial charge in [0.1, 0.15) is 6.54 Å². The number of para-hydroxylation sites is 1. The van der Waals surface area contributed by atoms with E-state index in [2.05, 4.69) is 10.6 Å². The first kappa shape index (κ1) is 21.8. The summed E-state index contributed by atoms with van der Waals surface area (Å²) in [5.74, 6) is -0.434. The summed E-state index contributed by atoms with van der Waals surface area (Å²) in [6, 6.07) is 8.55. The number of carbonyl (C=O) groups excluding carboxylic acids is 3. The van der Waals surface area contributed by atoms with Crippen LogP contribution in [0.15, 0.2) is 30.3 Å². The van der Waals surface area contributed by atoms with Gasteiger partial charge >= 0.3 is 0 Å². The monoisotopic (exact) mass is 361 g/mol. The molecule has 0 aliphatic rings. The Morgan fingerprint density at radius 1 is 0.962 bits per heavy atom. The summed E-state index contributed by atoms with van der Waals surface area (Å²) in [4.78, 5) is 38.4. The molecule has 0 saturated carbocycles. The molecular formula is C20H31N3O3. The van der Waals surface area contributed by atoms with Gasteiger partial charge in [0, 0.05) is 12.1 Å². The summed E-state index contributed by atoms with van der Waals surface area (Å²) in [5.41, 5.74) is 0.645. The lowest BCUT2D eigenvalue weighted by Crippen LogP contribution is -2.49. The highest BCUT2D eigenvalue weighted by Crippen LogP contribution is 2.16. The van der Waals surface area contributed by atoms with Crippen LogP contribution in [-0.4, -0.2) is 36.9 Å². The third kappa shape index (κ3) is 7.78. The van der Waals surface area contributed by atoms with E-state index in [1.165, 1.54) is 4.90 Å². The van der Waals surface area contributed by atoms with E-state index in [1.807, 2.05) is 45.9 Å². The van der Waals surface area contributed by atoms with Crippen molar-refractivity contribution in [2.45, 2.75) is 47.1 Å². The molecule has 0 heterocycles. The Bertz CT molecular complexity index is 600. The van der Waals surface area contributed by atoms with E-state index in [0.29, 0.717) is 24.6 Å². The second-order valence-electron chi connectivity index (χ2n) is 7.35. The highest BCUT2D eigenvalue weighted by atomic mass is 16.2. The Labute approximate surface area is 156 Å². The van der Waals surface area contributed by atoms with E-state index in [4.69, 9.17) is 0 Å². The lowest BCUT2D eigenvalue weighted by molar-refractivity contribution is -0.131. The number of anilines is 1. The van der Waals surface area contributed by atoms with Gasteiger partial charge in [-0.3, -0.25) is 19.7 Å². The Hall–Kier alpha value is -2.21. The summed E-state index contributed by atoms with van der Waals surface area (Å²) in [6.07, 6.45) is 0.336. The molecule has 3 amide bonds. The molecule has 0 radical (unpaired) electrons. The van der Waals surface area contributed by atoms with Crippen LogP contribution in [0.2, 0.25) is 0 Å². The molecule has 0 bridgehead atoms. The number of hydrogen-bond acceptors (Lipinski definition) is 4. The molecule has 1 aromatic rings. The maximum absolute atomic E-state index is 12.5. The number of nitrogens with one attached hydrogen (secondary N) is 2. The fraction of sp³-hybridized carbons (Fsp3) is 0.550. The molecule has 6 heteroatoms. The summed E-state index contributed by atoms with van der Waals surface area (Å²) in [7, 11) is 0. The average Bonchev–Trinajstić information content (AvgIpc) is 2.57. The molecule has 0 fully saturated rings.